The fraction of sp³-hybridized carbons (Fsp3) is 0.640. The van der Waals surface area contributed by atoms with Crippen LogP contribution in [0.15, 0.2) is 24.3 Å². The number of nitrogens with one attached hydrogen (secondary N) is 1. The Morgan fingerprint density at radius 1 is 0.970 bits per heavy atom. The highest BCUT2D eigenvalue weighted by atomic mass is 16.6. The van der Waals surface area contributed by atoms with E-state index < -0.39 is 0 Å². The Balaban J connectivity index is 1.20. The van der Waals surface area contributed by atoms with Crippen LogP contribution in [0, 0.1) is 0 Å². The molecule has 8 nitrogen and oxygen atoms in total. The number of nitrogens with zero attached hydrogens (tertiary/aromatic N) is 2. The summed E-state index contributed by atoms with van der Waals surface area (Å²) in [7, 11) is 0. The van der Waals surface area contributed by atoms with Crippen LogP contribution < -0.4 is 10.1 Å². The fourth-order valence-corrected chi connectivity index (χ4v) is 4.92. The third kappa shape index (κ3) is 6.77. The zero-order valence-electron chi connectivity index (χ0n) is 19.3. The molecule has 0 aromatic heterocycles. The number of esters is 1. The number of ether oxygens (including phenoxy) is 2. The number of piperazine rings is 1. The first kappa shape index (κ1) is 23.7. The third-order valence-corrected chi connectivity index (χ3v) is 6.89. The van der Waals surface area contributed by atoms with Crippen molar-refractivity contribution in [2.75, 3.05) is 45.9 Å². The molecule has 0 atom stereocenters. The molecule has 8 heteroatoms. The van der Waals surface area contributed by atoms with Gasteiger partial charge in [-0.1, -0.05) is 6.42 Å². The van der Waals surface area contributed by atoms with E-state index in [-0.39, 0.29) is 36.9 Å². The second kappa shape index (κ2) is 11.6. The molecular weight excluding hydrogens is 422 g/mol. The normalized spacial score (nSPS) is 21.1. The second-order valence-electron chi connectivity index (χ2n) is 9.25. The van der Waals surface area contributed by atoms with Crippen molar-refractivity contribution in [3.63, 3.8) is 0 Å². The smallest absolute Gasteiger partial charge is 0.344 e. The zero-order valence-corrected chi connectivity index (χ0v) is 19.3. The first-order valence-electron chi connectivity index (χ1n) is 12.3. The monoisotopic (exact) mass is 457 g/mol. The van der Waals surface area contributed by atoms with Crippen LogP contribution in [0.25, 0.3) is 0 Å². The molecule has 180 valence electrons. The SMILES string of the molecule is O=C(COc1ccc(C(=O)CN2CCN(C3CCNCC3)CC2=O)cc1)OC1CCCCC1. The molecule has 1 N–H and O–H groups in total. The predicted octanol–water partition coefficient (Wildman–Crippen LogP) is 2.02. The summed E-state index contributed by atoms with van der Waals surface area (Å²) in [5.41, 5.74) is 0.528. The molecule has 33 heavy (non-hydrogen) atoms. The predicted molar refractivity (Wildman–Crippen MR) is 123 cm³/mol. The number of Topliss-reactive ketones (excluding diaryl/α,β-unsaturated/α-hetero) is 1. The van der Waals surface area contributed by atoms with Crippen LogP contribution in [0.2, 0.25) is 0 Å². The highest BCUT2D eigenvalue weighted by molar-refractivity contribution is 5.99. The Morgan fingerprint density at radius 2 is 1.70 bits per heavy atom. The molecule has 1 amide bonds. The molecule has 0 bridgehead atoms. The molecule has 3 fully saturated rings. The summed E-state index contributed by atoms with van der Waals surface area (Å²) in [5, 5.41) is 3.35. The molecule has 1 saturated carbocycles. The van der Waals surface area contributed by atoms with Gasteiger partial charge in [-0.2, -0.15) is 0 Å². The van der Waals surface area contributed by atoms with Crippen LogP contribution in [-0.2, 0) is 14.3 Å². The van der Waals surface area contributed by atoms with E-state index in [1.165, 1.54) is 6.42 Å². The second-order valence-corrected chi connectivity index (χ2v) is 9.25. The zero-order chi connectivity index (χ0) is 23.0. The number of hydrogen-bond acceptors (Lipinski definition) is 7. The van der Waals surface area contributed by atoms with E-state index in [0.29, 0.717) is 30.4 Å². The number of ketones is 1. The highest BCUT2D eigenvalue weighted by Gasteiger charge is 2.30. The van der Waals surface area contributed by atoms with Gasteiger partial charge < -0.3 is 19.7 Å². The molecule has 2 aliphatic heterocycles. The van der Waals surface area contributed by atoms with E-state index in [1.807, 2.05) is 0 Å². The van der Waals surface area contributed by atoms with Gasteiger partial charge in [-0.3, -0.25) is 14.5 Å². The molecule has 4 rings (SSSR count). The topological polar surface area (TPSA) is 88.2 Å². The molecule has 2 saturated heterocycles. The third-order valence-electron chi connectivity index (χ3n) is 6.89. The van der Waals surface area contributed by atoms with Gasteiger partial charge in [0.2, 0.25) is 5.91 Å². The maximum absolute atomic E-state index is 12.7. The first-order valence-corrected chi connectivity index (χ1v) is 12.3. The van der Waals surface area contributed by atoms with Gasteiger partial charge in [0.15, 0.2) is 12.4 Å². The summed E-state index contributed by atoms with van der Waals surface area (Å²) in [5.74, 6) is 0.0782. The number of benzene rings is 1. The Kier molecular flexibility index (Phi) is 8.34. The Hall–Kier alpha value is -2.45. The van der Waals surface area contributed by atoms with Gasteiger partial charge in [-0.15, -0.1) is 0 Å². The van der Waals surface area contributed by atoms with Crippen LogP contribution in [0.1, 0.15) is 55.3 Å². The summed E-state index contributed by atoms with van der Waals surface area (Å²) >= 11 is 0. The van der Waals surface area contributed by atoms with E-state index in [4.69, 9.17) is 9.47 Å². The van der Waals surface area contributed by atoms with Crippen molar-refractivity contribution in [2.45, 2.75) is 57.1 Å². The Labute approximate surface area is 195 Å². The van der Waals surface area contributed by atoms with E-state index >= 15 is 0 Å². The van der Waals surface area contributed by atoms with Crippen molar-refractivity contribution in [3.8, 4) is 5.75 Å². The van der Waals surface area contributed by atoms with E-state index in [2.05, 4.69) is 10.2 Å². The van der Waals surface area contributed by atoms with Crippen molar-refractivity contribution in [1.29, 1.82) is 0 Å². The lowest BCUT2D eigenvalue weighted by Crippen LogP contribution is -2.56. The lowest BCUT2D eigenvalue weighted by molar-refractivity contribution is -0.152. The van der Waals surface area contributed by atoms with Crippen molar-refractivity contribution >= 4 is 17.7 Å². The Morgan fingerprint density at radius 3 is 2.39 bits per heavy atom. The molecule has 1 aromatic carbocycles. The van der Waals surface area contributed by atoms with Gasteiger partial charge in [0.25, 0.3) is 0 Å². The maximum Gasteiger partial charge on any atom is 0.344 e. The van der Waals surface area contributed by atoms with Crippen molar-refractivity contribution in [3.05, 3.63) is 29.8 Å². The fourth-order valence-electron chi connectivity index (χ4n) is 4.92. The largest absolute Gasteiger partial charge is 0.482 e. The molecule has 0 spiro atoms. The van der Waals surface area contributed by atoms with Crippen LogP contribution in [0.4, 0.5) is 0 Å². The van der Waals surface area contributed by atoms with Gasteiger partial charge in [0.05, 0.1) is 13.1 Å². The first-order chi connectivity index (χ1) is 16.1. The lowest BCUT2D eigenvalue weighted by atomic mass is 9.98. The number of rotatable bonds is 8. The lowest BCUT2D eigenvalue weighted by Gasteiger charge is -2.40. The minimum Gasteiger partial charge on any atom is -0.482 e. The summed E-state index contributed by atoms with van der Waals surface area (Å²) in [6.45, 7) is 3.73. The quantitative estimate of drug-likeness (QED) is 0.472. The van der Waals surface area contributed by atoms with Crippen LogP contribution in [-0.4, -0.2) is 85.5 Å². The average Bonchev–Trinajstić information content (AvgIpc) is 2.85. The van der Waals surface area contributed by atoms with Gasteiger partial charge >= 0.3 is 5.97 Å². The van der Waals surface area contributed by atoms with E-state index in [1.54, 1.807) is 29.2 Å². The van der Waals surface area contributed by atoms with Gasteiger partial charge in [0, 0.05) is 24.7 Å². The van der Waals surface area contributed by atoms with E-state index in [9.17, 15) is 14.4 Å². The molecule has 3 aliphatic rings. The minimum absolute atomic E-state index is 0.0131. The van der Waals surface area contributed by atoms with Gasteiger partial charge in [0.1, 0.15) is 11.9 Å². The summed E-state index contributed by atoms with van der Waals surface area (Å²) in [6.07, 6.45) is 7.42. The molecule has 1 aromatic rings. The summed E-state index contributed by atoms with van der Waals surface area (Å²) < 4.78 is 11.0. The number of piperidine rings is 1. The Bertz CT molecular complexity index is 816. The van der Waals surface area contributed by atoms with Crippen molar-refractivity contribution in [2.24, 2.45) is 0 Å². The minimum atomic E-state index is -0.357. The molecular formula is C25H35N3O5. The highest BCUT2D eigenvalue weighted by Crippen LogP contribution is 2.21. The summed E-state index contributed by atoms with van der Waals surface area (Å²) in [4.78, 5) is 41.2. The standard InChI is InChI=1S/C25H35N3O5/c29-23(16-28-15-14-27(17-24(28)30)20-10-12-26-13-11-20)19-6-8-21(9-7-19)32-18-25(31)33-22-4-2-1-3-5-22/h6-9,20,22,26H,1-5,10-18H2. The van der Waals surface area contributed by atoms with Gasteiger partial charge in [-0.25, -0.2) is 4.79 Å². The molecule has 1 aliphatic carbocycles. The van der Waals surface area contributed by atoms with Crippen LogP contribution >= 0.6 is 0 Å². The number of carbonyl (C=O) groups excluding carboxylic acids is 3. The number of carbonyl (C=O) groups is 3. The van der Waals surface area contributed by atoms with Crippen molar-refractivity contribution < 1.29 is 23.9 Å². The van der Waals surface area contributed by atoms with E-state index in [0.717, 1.165) is 58.2 Å². The van der Waals surface area contributed by atoms with Crippen LogP contribution in [0.5, 0.6) is 5.75 Å². The van der Waals surface area contributed by atoms with Gasteiger partial charge in [-0.05, 0) is 75.9 Å². The number of amides is 1. The molecule has 2 heterocycles. The van der Waals surface area contributed by atoms with Crippen molar-refractivity contribution in [1.82, 2.24) is 15.1 Å². The van der Waals surface area contributed by atoms with Crippen LogP contribution in [0.3, 0.4) is 0 Å². The summed E-state index contributed by atoms with van der Waals surface area (Å²) in [6, 6.07) is 7.18. The molecule has 0 unspecified atom stereocenters. The average molecular weight is 458 g/mol. The molecule has 0 radical (unpaired) electrons. The number of hydrogen-bond donors (Lipinski definition) is 1. The maximum atomic E-state index is 12.7.